The van der Waals surface area contributed by atoms with Crippen LogP contribution in [0, 0.1) is 5.92 Å². The second kappa shape index (κ2) is 7.74. The fourth-order valence-electron chi connectivity index (χ4n) is 2.43. The van der Waals surface area contributed by atoms with Gasteiger partial charge < -0.3 is 14.8 Å². The van der Waals surface area contributed by atoms with Gasteiger partial charge in [0.25, 0.3) is 5.91 Å². The number of hydrogen-bond donors (Lipinski definition) is 1. The van der Waals surface area contributed by atoms with Gasteiger partial charge in [0.05, 0.1) is 12.3 Å². The summed E-state index contributed by atoms with van der Waals surface area (Å²) in [4.78, 5) is 16.3. The van der Waals surface area contributed by atoms with E-state index in [-0.39, 0.29) is 5.91 Å². The minimum absolute atomic E-state index is 0.0619. The molecular formula is C18H20N2O3. The highest BCUT2D eigenvalue weighted by Gasteiger charge is 2.16. The van der Waals surface area contributed by atoms with Gasteiger partial charge >= 0.3 is 0 Å². The van der Waals surface area contributed by atoms with E-state index < -0.39 is 0 Å². The van der Waals surface area contributed by atoms with Gasteiger partial charge in [-0.3, -0.25) is 9.78 Å². The molecule has 1 atom stereocenters. The third-order valence-electron chi connectivity index (χ3n) is 3.80. The average Bonchev–Trinajstić information content (AvgIpc) is 3.13. The Morgan fingerprint density at radius 2 is 2.13 bits per heavy atom. The highest BCUT2D eigenvalue weighted by molar-refractivity contribution is 5.94. The number of aromatic nitrogens is 1. The summed E-state index contributed by atoms with van der Waals surface area (Å²) in [6.45, 7) is 2.61. The second-order valence-corrected chi connectivity index (χ2v) is 5.57. The van der Waals surface area contributed by atoms with Crippen LogP contribution in [0.4, 0.5) is 0 Å². The van der Waals surface area contributed by atoms with Crippen LogP contribution in [-0.4, -0.2) is 30.6 Å². The van der Waals surface area contributed by atoms with Crippen molar-refractivity contribution < 1.29 is 14.3 Å². The van der Waals surface area contributed by atoms with Crippen molar-refractivity contribution in [2.24, 2.45) is 5.92 Å². The van der Waals surface area contributed by atoms with E-state index in [1.54, 1.807) is 30.5 Å². The highest BCUT2D eigenvalue weighted by Crippen LogP contribution is 2.14. The Balaban J connectivity index is 1.49. The molecule has 1 aromatic carbocycles. The van der Waals surface area contributed by atoms with Crippen molar-refractivity contribution in [3.8, 4) is 5.75 Å². The minimum atomic E-state index is -0.0619. The first-order valence-corrected chi connectivity index (χ1v) is 7.80. The summed E-state index contributed by atoms with van der Waals surface area (Å²) in [7, 11) is 0. The molecule has 0 saturated carbocycles. The third kappa shape index (κ3) is 4.53. The first-order valence-electron chi connectivity index (χ1n) is 7.80. The number of amides is 1. The lowest BCUT2D eigenvalue weighted by molar-refractivity contribution is 0.0945. The van der Waals surface area contributed by atoms with E-state index >= 15 is 0 Å². The van der Waals surface area contributed by atoms with Gasteiger partial charge in [0, 0.05) is 30.8 Å². The van der Waals surface area contributed by atoms with Crippen LogP contribution >= 0.6 is 0 Å². The highest BCUT2D eigenvalue weighted by atomic mass is 16.5. The van der Waals surface area contributed by atoms with Crippen LogP contribution in [0.15, 0.2) is 48.7 Å². The fraction of sp³-hybridized carbons (Fsp3) is 0.333. The Bertz CT molecular complexity index is 622. The molecule has 5 nitrogen and oxygen atoms in total. The summed E-state index contributed by atoms with van der Waals surface area (Å²) in [6, 6.07) is 12.9. The van der Waals surface area contributed by atoms with E-state index in [1.165, 1.54) is 0 Å². The Kier molecular flexibility index (Phi) is 5.21. The standard InChI is InChI=1S/C18H20N2O3/c21-18(20-11-14-8-10-22-12-14)15-4-6-17(7-5-15)23-13-16-3-1-2-9-19-16/h1-7,9,14H,8,10-13H2,(H,20,21)/t14-/m1/s1. The number of hydrogen-bond acceptors (Lipinski definition) is 4. The topological polar surface area (TPSA) is 60.5 Å². The predicted octanol–water partition coefficient (Wildman–Crippen LogP) is 2.43. The molecule has 3 rings (SSSR count). The summed E-state index contributed by atoms with van der Waals surface area (Å²) in [5.41, 5.74) is 1.50. The van der Waals surface area contributed by atoms with Crippen LogP contribution in [0.2, 0.25) is 0 Å². The van der Waals surface area contributed by atoms with Gasteiger partial charge in [0.2, 0.25) is 0 Å². The normalized spacial score (nSPS) is 17.0. The van der Waals surface area contributed by atoms with Gasteiger partial charge in [-0.15, -0.1) is 0 Å². The van der Waals surface area contributed by atoms with Gasteiger partial charge in [-0.1, -0.05) is 6.07 Å². The summed E-state index contributed by atoms with van der Waals surface area (Å²) < 4.78 is 11.0. The molecule has 120 valence electrons. The maximum absolute atomic E-state index is 12.1. The fourth-order valence-corrected chi connectivity index (χ4v) is 2.43. The van der Waals surface area contributed by atoms with Gasteiger partial charge in [0.15, 0.2) is 0 Å². The molecule has 23 heavy (non-hydrogen) atoms. The smallest absolute Gasteiger partial charge is 0.251 e. The van der Waals surface area contributed by atoms with Crippen LogP contribution in [0.5, 0.6) is 5.75 Å². The zero-order chi connectivity index (χ0) is 15.9. The number of ether oxygens (including phenoxy) is 2. The first-order chi connectivity index (χ1) is 11.3. The summed E-state index contributed by atoms with van der Waals surface area (Å²) in [6.07, 6.45) is 2.75. The van der Waals surface area contributed by atoms with Crippen molar-refractivity contribution in [3.05, 3.63) is 59.9 Å². The lowest BCUT2D eigenvalue weighted by Gasteiger charge is -2.10. The molecule has 1 aliphatic heterocycles. The molecule has 1 aliphatic rings. The quantitative estimate of drug-likeness (QED) is 0.890. The Morgan fingerprint density at radius 3 is 2.83 bits per heavy atom. The van der Waals surface area contributed by atoms with E-state index in [2.05, 4.69) is 10.3 Å². The van der Waals surface area contributed by atoms with Crippen molar-refractivity contribution >= 4 is 5.91 Å². The Labute approximate surface area is 135 Å². The maximum atomic E-state index is 12.1. The largest absolute Gasteiger partial charge is 0.487 e. The van der Waals surface area contributed by atoms with Crippen LogP contribution in [-0.2, 0) is 11.3 Å². The first kappa shape index (κ1) is 15.5. The molecule has 2 aromatic rings. The van der Waals surface area contributed by atoms with Crippen molar-refractivity contribution in [1.29, 1.82) is 0 Å². The molecule has 0 radical (unpaired) electrons. The number of pyridine rings is 1. The van der Waals surface area contributed by atoms with Crippen molar-refractivity contribution in [3.63, 3.8) is 0 Å². The number of carbonyl (C=O) groups excluding carboxylic acids is 1. The SMILES string of the molecule is O=C(NC[C@H]1CCOC1)c1ccc(OCc2ccccn2)cc1. The van der Waals surface area contributed by atoms with Crippen molar-refractivity contribution in [1.82, 2.24) is 10.3 Å². The zero-order valence-corrected chi connectivity index (χ0v) is 12.9. The lowest BCUT2D eigenvalue weighted by atomic mass is 10.1. The van der Waals surface area contributed by atoms with Gasteiger partial charge in [0.1, 0.15) is 12.4 Å². The lowest BCUT2D eigenvalue weighted by Crippen LogP contribution is -2.29. The molecule has 1 N–H and O–H groups in total. The monoisotopic (exact) mass is 312 g/mol. The average molecular weight is 312 g/mol. The van der Waals surface area contributed by atoms with Crippen LogP contribution in [0.1, 0.15) is 22.5 Å². The Hall–Kier alpha value is -2.40. The molecule has 1 fully saturated rings. The second-order valence-electron chi connectivity index (χ2n) is 5.57. The Morgan fingerprint density at radius 1 is 1.26 bits per heavy atom. The third-order valence-corrected chi connectivity index (χ3v) is 3.80. The van der Waals surface area contributed by atoms with Crippen LogP contribution < -0.4 is 10.1 Å². The molecule has 1 saturated heterocycles. The maximum Gasteiger partial charge on any atom is 0.251 e. The van der Waals surface area contributed by atoms with E-state index in [0.29, 0.717) is 24.6 Å². The summed E-state index contributed by atoms with van der Waals surface area (Å²) in [5, 5.41) is 2.95. The molecule has 1 amide bonds. The molecule has 0 bridgehead atoms. The number of carbonyl (C=O) groups is 1. The predicted molar refractivity (Wildman–Crippen MR) is 86.3 cm³/mol. The summed E-state index contributed by atoms with van der Waals surface area (Å²) >= 11 is 0. The summed E-state index contributed by atoms with van der Waals surface area (Å²) in [5.74, 6) is 1.09. The molecule has 1 aromatic heterocycles. The van der Waals surface area contributed by atoms with E-state index in [9.17, 15) is 4.79 Å². The van der Waals surface area contributed by atoms with Crippen LogP contribution in [0.25, 0.3) is 0 Å². The number of rotatable bonds is 6. The molecule has 2 heterocycles. The van der Waals surface area contributed by atoms with Gasteiger partial charge in [-0.05, 0) is 42.8 Å². The zero-order valence-electron chi connectivity index (χ0n) is 12.9. The number of benzene rings is 1. The van der Waals surface area contributed by atoms with Gasteiger partial charge in [-0.25, -0.2) is 0 Å². The molecular weight excluding hydrogens is 292 g/mol. The minimum Gasteiger partial charge on any atom is -0.487 e. The molecule has 0 spiro atoms. The van der Waals surface area contributed by atoms with Crippen molar-refractivity contribution in [2.45, 2.75) is 13.0 Å². The van der Waals surface area contributed by atoms with E-state index in [1.807, 2.05) is 18.2 Å². The van der Waals surface area contributed by atoms with Gasteiger partial charge in [-0.2, -0.15) is 0 Å². The number of nitrogens with one attached hydrogen (secondary N) is 1. The molecule has 0 unspecified atom stereocenters. The molecule has 0 aliphatic carbocycles. The molecule has 5 heteroatoms. The van der Waals surface area contributed by atoms with E-state index in [0.717, 1.165) is 31.1 Å². The van der Waals surface area contributed by atoms with Crippen LogP contribution in [0.3, 0.4) is 0 Å². The number of nitrogens with zero attached hydrogens (tertiary/aromatic N) is 1. The van der Waals surface area contributed by atoms with E-state index in [4.69, 9.17) is 9.47 Å². The van der Waals surface area contributed by atoms with Crippen molar-refractivity contribution in [2.75, 3.05) is 19.8 Å².